The van der Waals surface area contributed by atoms with Crippen LogP contribution in [0.15, 0.2) is 63.1 Å². The number of nitrogens with one attached hydrogen (secondary N) is 1. The van der Waals surface area contributed by atoms with Gasteiger partial charge in [0.1, 0.15) is 22.9 Å². The number of carboxylic acids is 1. The Morgan fingerprint density at radius 3 is 2.68 bits per heavy atom. The molecule has 1 aliphatic heterocycles. The summed E-state index contributed by atoms with van der Waals surface area (Å²) in [5.74, 6) is -2.33. The second-order valence-electron chi connectivity index (χ2n) is 6.47. The number of benzene rings is 1. The van der Waals surface area contributed by atoms with Crippen LogP contribution in [-0.4, -0.2) is 28.7 Å². The standard InChI is InChI=1S/C21H13ClN2O7/c22-16-5-3-11(8-14(16)20(27)28)17-6-4-12(31-17)9-15-18(25)23-21(29)24(19(15)26)10-13-2-1-7-30-13/h1-9H,10H2,(H,27,28)(H,23,25,29)/p-1/b15-9-. The van der Waals surface area contributed by atoms with Crippen LogP contribution in [0.2, 0.25) is 5.02 Å². The number of carboxylic acid groups (broad SMARTS) is 1. The maximum atomic E-state index is 12.7. The molecule has 0 spiro atoms. The molecule has 0 radical (unpaired) electrons. The third-order valence-corrected chi connectivity index (χ3v) is 4.79. The van der Waals surface area contributed by atoms with Crippen molar-refractivity contribution in [3.8, 4) is 11.3 Å². The van der Waals surface area contributed by atoms with Crippen molar-refractivity contribution < 1.29 is 33.1 Å². The van der Waals surface area contributed by atoms with Crippen LogP contribution in [-0.2, 0) is 16.1 Å². The van der Waals surface area contributed by atoms with Gasteiger partial charge in [-0.25, -0.2) is 4.79 Å². The molecule has 0 unspecified atom stereocenters. The number of furan rings is 2. The Morgan fingerprint density at radius 2 is 1.97 bits per heavy atom. The topological polar surface area (TPSA) is 133 Å². The van der Waals surface area contributed by atoms with Crippen molar-refractivity contribution in [2.24, 2.45) is 0 Å². The van der Waals surface area contributed by atoms with E-state index >= 15 is 0 Å². The second kappa shape index (κ2) is 7.96. The molecule has 3 aromatic rings. The number of hydrogen-bond acceptors (Lipinski definition) is 7. The highest BCUT2D eigenvalue weighted by atomic mass is 35.5. The van der Waals surface area contributed by atoms with E-state index in [0.717, 1.165) is 4.90 Å². The van der Waals surface area contributed by atoms with Crippen LogP contribution in [0.1, 0.15) is 21.9 Å². The SMILES string of the molecule is O=C1NC(=O)N(Cc2ccco2)C(=O)/C1=C\c1ccc(-c2ccc(Cl)c(C(=O)[O-])c2)o1. The van der Waals surface area contributed by atoms with Gasteiger partial charge in [-0.3, -0.25) is 19.8 Å². The highest BCUT2D eigenvalue weighted by Crippen LogP contribution is 2.28. The minimum absolute atomic E-state index is 0.0171. The Bertz CT molecular complexity index is 1240. The van der Waals surface area contributed by atoms with Crippen LogP contribution in [0, 0.1) is 0 Å². The van der Waals surface area contributed by atoms with Gasteiger partial charge in [0.25, 0.3) is 11.8 Å². The average Bonchev–Trinajstić information content (AvgIpc) is 3.40. The molecule has 1 N–H and O–H groups in total. The van der Waals surface area contributed by atoms with Gasteiger partial charge in [-0.05, 0) is 48.5 Å². The summed E-state index contributed by atoms with van der Waals surface area (Å²) < 4.78 is 10.8. The molecule has 3 heterocycles. The Kier molecular flexibility index (Phi) is 5.18. The van der Waals surface area contributed by atoms with E-state index in [1.54, 1.807) is 18.2 Å². The summed E-state index contributed by atoms with van der Waals surface area (Å²) in [6, 6.07) is 9.58. The van der Waals surface area contributed by atoms with Crippen molar-refractivity contribution in [1.29, 1.82) is 0 Å². The normalized spacial score (nSPS) is 15.5. The first-order valence-corrected chi connectivity index (χ1v) is 9.23. The minimum atomic E-state index is -1.44. The number of amides is 4. The summed E-state index contributed by atoms with van der Waals surface area (Å²) in [6.45, 7) is -0.150. The van der Waals surface area contributed by atoms with E-state index in [1.807, 2.05) is 0 Å². The number of carbonyl (C=O) groups excluding carboxylic acids is 4. The van der Waals surface area contributed by atoms with Crippen molar-refractivity contribution in [1.82, 2.24) is 10.2 Å². The predicted octanol–water partition coefficient (Wildman–Crippen LogP) is 2.22. The summed E-state index contributed by atoms with van der Waals surface area (Å²) in [5, 5.41) is 13.3. The van der Waals surface area contributed by atoms with Gasteiger partial charge in [0.15, 0.2) is 0 Å². The van der Waals surface area contributed by atoms with E-state index in [1.165, 1.54) is 36.6 Å². The van der Waals surface area contributed by atoms with E-state index < -0.39 is 23.8 Å². The number of urea groups is 1. The smallest absolute Gasteiger partial charge is 0.331 e. The molecule has 1 aromatic carbocycles. The number of hydrogen-bond donors (Lipinski definition) is 1. The van der Waals surface area contributed by atoms with Gasteiger partial charge in [0, 0.05) is 16.1 Å². The quantitative estimate of drug-likeness (QED) is 0.476. The zero-order valence-corrected chi connectivity index (χ0v) is 16.3. The summed E-state index contributed by atoms with van der Waals surface area (Å²) in [4.78, 5) is 49.0. The molecule has 0 aliphatic carbocycles. The van der Waals surface area contributed by atoms with Crippen molar-refractivity contribution >= 4 is 41.5 Å². The zero-order valence-electron chi connectivity index (χ0n) is 15.6. The minimum Gasteiger partial charge on any atom is -0.545 e. The fraction of sp³-hybridized carbons (Fsp3) is 0.0476. The fourth-order valence-corrected chi connectivity index (χ4v) is 3.15. The summed E-state index contributed by atoms with van der Waals surface area (Å²) in [7, 11) is 0. The lowest BCUT2D eigenvalue weighted by Crippen LogP contribution is -2.53. The number of imide groups is 2. The summed E-state index contributed by atoms with van der Waals surface area (Å²) >= 11 is 5.84. The fourth-order valence-electron chi connectivity index (χ4n) is 2.96. The molecule has 4 rings (SSSR count). The van der Waals surface area contributed by atoms with Gasteiger partial charge >= 0.3 is 6.03 Å². The number of aromatic carboxylic acids is 1. The van der Waals surface area contributed by atoms with E-state index in [-0.39, 0.29) is 34.2 Å². The Balaban J connectivity index is 1.62. The van der Waals surface area contributed by atoms with E-state index in [9.17, 15) is 24.3 Å². The number of rotatable bonds is 5. The molecule has 9 nitrogen and oxygen atoms in total. The predicted molar refractivity (Wildman–Crippen MR) is 104 cm³/mol. The maximum absolute atomic E-state index is 12.7. The third kappa shape index (κ3) is 3.99. The maximum Gasteiger partial charge on any atom is 0.331 e. The average molecular weight is 440 g/mol. The van der Waals surface area contributed by atoms with Crippen molar-refractivity contribution in [2.45, 2.75) is 6.54 Å². The number of nitrogens with zero attached hydrogens (tertiary/aromatic N) is 1. The lowest BCUT2D eigenvalue weighted by Gasteiger charge is -2.25. The first-order chi connectivity index (χ1) is 14.8. The molecule has 0 bridgehead atoms. The summed E-state index contributed by atoms with van der Waals surface area (Å²) in [5.41, 5.74) is -0.106. The van der Waals surface area contributed by atoms with Gasteiger partial charge in [-0.15, -0.1) is 0 Å². The molecule has 1 saturated heterocycles. The molecule has 0 saturated carbocycles. The summed E-state index contributed by atoms with van der Waals surface area (Å²) in [6.07, 6.45) is 2.59. The largest absolute Gasteiger partial charge is 0.545 e. The molecule has 10 heteroatoms. The van der Waals surface area contributed by atoms with E-state index in [2.05, 4.69) is 5.32 Å². The molecule has 2 aromatic heterocycles. The van der Waals surface area contributed by atoms with Crippen LogP contribution in [0.4, 0.5) is 4.79 Å². The molecule has 0 atom stereocenters. The molecular formula is C21H12ClN2O7-. The molecule has 156 valence electrons. The highest BCUT2D eigenvalue weighted by Gasteiger charge is 2.36. The van der Waals surface area contributed by atoms with Crippen molar-refractivity contribution in [3.63, 3.8) is 0 Å². The monoisotopic (exact) mass is 439 g/mol. The van der Waals surface area contributed by atoms with Crippen molar-refractivity contribution in [3.05, 3.63) is 76.4 Å². The Hall–Kier alpha value is -4.11. The lowest BCUT2D eigenvalue weighted by atomic mass is 10.1. The molecule has 4 amide bonds. The van der Waals surface area contributed by atoms with Gasteiger partial charge in [0.2, 0.25) is 0 Å². The molecular weight excluding hydrogens is 428 g/mol. The van der Waals surface area contributed by atoms with Crippen LogP contribution < -0.4 is 10.4 Å². The van der Waals surface area contributed by atoms with Crippen LogP contribution >= 0.6 is 11.6 Å². The Labute approximate surface area is 179 Å². The number of carbonyl (C=O) groups is 4. The zero-order chi connectivity index (χ0) is 22.1. The van der Waals surface area contributed by atoms with Crippen LogP contribution in [0.25, 0.3) is 17.4 Å². The van der Waals surface area contributed by atoms with E-state index in [4.69, 9.17) is 20.4 Å². The van der Waals surface area contributed by atoms with Crippen molar-refractivity contribution in [2.75, 3.05) is 0 Å². The highest BCUT2D eigenvalue weighted by molar-refractivity contribution is 6.33. The first kappa shape index (κ1) is 20.2. The molecule has 31 heavy (non-hydrogen) atoms. The van der Waals surface area contributed by atoms with Gasteiger partial charge in [0.05, 0.1) is 18.8 Å². The van der Waals surface area contributed by atoms with Gasteiger partial charge in [-0.2, -0.15) is 0 Å². The van der Waals surface area contributed by atoms with Crippen LogP contribution in [0.5, 0.6) is 0 Å². The molecule has 1 fully saturated rings. The second-order valence-corrected chi connectivity index (χ2v) is 6.88. The lowest BCUT2D eigenvalue weighted by molar-refractivity contribution is -0.255. The van der Waals surface area contributed by atoms with Gasteiger partial charge in [-0.1, -0.05) is 11.6 Å². The van der Waals surface area contributed by atoms with E-state index in [0.29, 0.717) is 11.3 Å². The number of barbiturate groups is 1. The first-order valence-electron chi connectivity index (χ1n) is 8.86. The number of halogens is 1. The Morgan fingerprint density at radius 1 is 1.16 bits per heavy atom. The molecule has 1 aliphatic rings. The van der Waals surface area contributed by atoms with Crippen LogP contribution in [0.3, 0.4) is 0 Å². The third-order valence-electron chi connectivity index (χ3n) is 4.46. The van der Waals surface area contributed by atoms with Gasteiger partial charge < -0.3 is 18.7 Å².